The summed E-state index contributed by atoms with van der Waals surface area (Å²) in [4.78, 5) is 34.3. The fourth-order valence-corrected chi connectivity index (χ4v) is 1.99. The third-order valence-corrected chi connectivity index (χ3v) is 3.21. The van der Waals surface area contributed by atoms with Crippen LogP contribution in [0.3, 0.4) is 0 Å². The van der Waals surface area contributed by atoms with Crippen molar-refractivity contribution < 1.29 is 33.7 Å². The summed E-state index contributed by atoms with van der Waals surface area (Å²) in [7, 11) is 0. The number of alkyl carbamates (subject to hydrolysis) is 2. The Morgan fingerprint density at radius 1 is 1.11 bits per heavy atom. The second kappa shape index (κ2) is 11.8. The molecule has 1 atom stereocenters. The van der Waals surface area contributed by atoms with Crippen molar-refractivity contribution in [2.45, 2.75) is 45.4 Å². The quantitative estimate of drug-likeness (QED) is 0.519. The van der Waals surface area contributed by atoms with E-state index in [1.54, 1.807) is 20.8 Å². The highest BCUT2D eigenvalue weighted by Gasteiger charge is 2.19. The van der Waals surface area contributed by atoms with Crippen LogP contribution in [0.5, 0.6) is 0 Å². The average molecular weight is 396 g/mol. The second-order valence-electron chi connectivity index (χ2n) is 7.00. The van der Waals surface area contributed by atoms with Gasteiger partial charge in [0.25, 0.3) is 0 Å². The minimum Gasteiger partial charge on any atom is -0.481 e. The van der Waals surface area contributed by atoms with Gasteiger partial charge in [0.1, 0.15) is 12.2 Å². The van der Waals surface area contributed by atoms with E-state index in [1.165, 1.54) is 0 Å². The highest BCUT2D eigenvalue weighted by atomic mass is 16.6. The summed E-state index contributed by atoms with van der Waals surface area (Å²) in [6.45, 7) is 5.32. The van der Waals surface area contributed by atoms with E-state index in [0.717, 1.165) is 5.56 Å². The summed E-state index contributed by atoms with van der Waals surface area (Å²) < 4.78 is 15.6. The first-order valence-corrected chi connectivity index (χ1v) is 8.89. The lowest BCUT2D eigenvalue weighted by atomic mass is 10.2. The molecule has 0 unspecified atom stereocenters. The number of ether oxygens (including phenoxy) is 3. The molecule has 0 heterocycles. The van der Waals surface area contributed by atoms with Crippen molar-refractivity contribution in [1.82, 2.24) is 10.6 Å². The summed E-state index contributed by atoms with van der Waals surface area (Å²) in [5.41, 5.74) is 0.179. The molecule has 2 amide bonds. The van der Waals surface area contributed by atoms with E-state index < -0.39 is 29.8 Å². The van der Waals surface area contributed by atoms with Gasteiger partial charge in [-0.1, -0.05) is 30.3 Å². The third-order valence-electron chi connectivity index (χ3n) is 3.21. The topological polar surface area (TPSA) is 123 Å². The normalized spacial score (nSPS) is 12.0. The summed E-state index contributed by atoms with van der Waals surface area (Å²) in [5.74, 6) is -0.987. The minimum absolute atomic E-state index is 0.00349. The van der Waals surface area contributed by atoms with E-state index >= 15 is 0 Å². The van der Waals surface area contributed by atoms with Crippen LogP contribution in [0.2, 0.25) is 0 Å². The molecule has 28 heavy (non-hydrogen) atoms. The van der Waals surface area contributed by atoms with Crippen LogP contribution in [-0.4, -0.2) is 54.7 Å². The first kappa shape index (κ1) is 23.2. The molecule has 1 aromatic rings. The van der Waals surface area contributed by atoms with E-state index in [2.05, 4.69) is 10.6 Å². The van der Waals surface area contributed by atoms with Gasteiger partial charge in [0.15, 0.2) is 0 Å². The third kappa shape index (κ3) is 11.7. The van der Waals surface area contributed by atoms with Crippen LogP contribution in [-0.2, 0) is 25.6 Å². The van der Waals surface area contributed by atoms with Gasteiger partial charge in [-0.3, -0.25) is 4.79 Å². The lowest BCUT2D eigenvalue weighted by Gasteiger charge is -2.22. The predicted octanol–water partition coefficient (Wildman–Crippen LogP) is 2.30. The van der Waals surface area contributed by atoms with Crippen LogP contribution in [0.1, 0.15) is 32.8 Å². The molecule has 9 heteroatoms. The Labute approximate surface area is 164 Å². The van der Waals surface area contributed by atoms with Crippen LogP contribution in [0.25, 0.3) is 0 Å². The van der Waals surface area contributed by atoms with Crippen LogP contribution in [0, 0.1) is 0 Å². The fraction of sp³-hybridized carbons (Fsp3) is 0.526. The van der Waals surface area contributed by atoms with Gasteiger partial charge in [-0.2, -0.15) is 0 Å². The highest BCUT2D eigenvalue weighted by Crippen LogP contribution is 2.06. The van der Waals surface area contributed by atoms with Gasteiger partial charge >= 0.3 is 18.2 Å². The van der Waals surface area contributed by atoms with Crippen LogP contribution >= 0.6 is 0 Å². The van der Waals surface area contributed by atoms with Gasteiger partial charge in [-0.15, -0.1) is 0 Å². The Hall–Kier alpha value is -2.81. The van der Waals surface area contributed by atoms with Crippen molar-refractivity contribution in [1.29, 1.82) is 0 Å². The first-order valence-electron chi connectivity index (χ1n) is 8.89. The molecule has 3 N–H and O–H groups in total. The van der Waals surface area contributed by atoms with Crippen LogP contribution in [0.15, 0.2) is 30.3 Å². The molecule has 1 rings (SSSR count). The summed E-state index contributed by atoms with van der Waals surface area (Å²) >= 11 is 0. The molecule has 0 aliphatic rings. The maximum Gasteiger partial charge on any atom is 0.407 e. The van der Waals surface area contributed by atoms with E-state index in [1.807, 2.05) is 30.3 Å². The Kier molecular flexibility index (Phi) is 9.80. The first-order chi connectivity index (χ1) is 13.2. The molecule has 156 valence electrons. The largest absolute Gasteiger partial charge is 0.481 e. The summed E-state index contributed by atoms with van der Waals surface area (Å²) in [6, 6.07) is 8.55. The molecular formula is C19H28N2O7. The summed E-state index contributed by atoms with van der Waals surface area (Å²) in [5, 5.41) is 13.8. The monoisotopic (exact) mass is 396 g/mol. The van der Waals surface area contributed by atoms with Gasteiger partial charge in [-0.25, -0.2) is 9.59 Å². The van der Waals surface area contributed by atoms with Gasteiger partial charge in [0.05, 0.1) is 25.7 Å². The number of carboxylic acids is 1. The van der Waals surface area contributed by atoms with Gasteiger partial charge < -0.3 is 30.0 Å². The minimum atomic E-state index is -0.987. The second-order valence-corrected chi connectivity index (χ2v) is 7.00. The molecule has 0 aromatic heterocycles. The van der Waals surface area contributed by atoms with Gasteiger partial charge in [0.2, 0.25) is 0 Å². The van der Waals surface area contributed by atoms with Crippen molar-refractivity contribution in [2.24, 2.45) is 0 Å². The molecule has 0 bridgehead atoms. The number of nitrogens with one attached hydrogen (secondary N) is 2. The maximum absolute atomic E-state index is 12.0. The molecule has 9 nitrogen and oxygen atoms in total. The average Bonchev–Trinajstić information content (AvgIpc) is 2.60. The Morgan fingerprint density at radius 3 is 2.39 bits per heavy atom. The smallest absolute Gasteiger partial charge is 0.407 e. The van der Waals surface area contributed by atoms with E-state index in [0.29, 0.717) is 0 Å². The lowest BCUT2D eigenvalue weighted by Crippen LogP contribution is -2.47. The number of carbonyl (C=O) groups excluding carboxylic acids is 2. The molecule has 0 aliphatic carbocycles. The van der Waals surface area contributed by atoms with Crippen LogP contribution in [0.4, 0.5) is 9.59 Å². The number of rotatable bonds is 10. The Morgan fingerprint density at radius 2 is 1.79 bits per heavy atom. The number of aliphatic carboxylic acids is 1. The molecule has 0 saturated heterocycles. The van der Waals surface area contributed by atoms with Crippen molar-refractivity contribution >= 4 is 18.2 Å². The highest BCUT2D eigenvalue weighted by molar-refractivity contribution is 5.69. The number of carbonyl (C=O) groups is 3. The lowest BCUT2D eigenvalue weighted by molar-refractivity contribution is -0.138. The molecular weight excluding hydrogens is 368 g/mol. The fourth-order valence-electron chi connectivity index (χ4n) is 1.99. The van der Waals surface area contributed by atoms with E-state index in [-0.39, 0.29) is 32.8 Å². The SMILES string of the molecule is CC(C)(C)OC(=O)NC[C@@H](COCCC(=O)O)NC(=O)OCc1ccccc1. The van der Waals surface area contributed by atoms with Crippen LogP contribution < -0.4 is 10.6 Å². The van der Waals surface area contributed by atoms with Gasteiger partial charge in [-0.05, 0) is 26.3 Å². The molecule has 0 fully saturated rings. The Balaban J connectivity index is 2.49. The Bertz CT molecular complexity index is 629. The molecule has 0 saturated carbocycles. The van der Waals surface area contributed by atoms with E-state index in [9.17, 15) is 14.4 Å². The number of amides is 2. The molecule has 1 aromatic carbocycles. The molecule has 0 spiro atoms. The van der Waals surface area contributed by atoms with Gasteiger partial charge in [0, 0.05) is 6.54 Å². The number of carboxylic acid groups (broad SMARTS) is 1. The van der Waals surface area contributed by atoms with Crippen molar-refractivity contribution in [2.75, 3.05) is 19.8 Å². The van der Waals surface area contributed by atoms with Crippen molar-refractivity contribution in [3.8, 4) is 0 Å². The number of benzene rings is 1. The predicted molar refractivity (Wildman–Crippen MR) is 101 cm³/mol. The zero-order chi connectivity index (χ0) is 21.0. The molecule has 0 aliphatic heterocycles. The number of hydrogen-bond donors (Lipinski definition) is 3. The summed E-state index contributed by atoms with van der Waals surface area (Å²) in [6.07, 6.45) is -1.48. The van der Waals surface area contributed by atoms with E-state index in [4.69, 9.17) is 19.3 Å². The standard InChI is InChI=1S/C19H28N2O7/c1-19(2,3)28-17(24)20-11-15(13-26-10-9-16(22)23)21-18(25)27-12-14-7-5-4-6-8-14/h4-8,15H,9-13H2,1-3H3,(H,20,24)(H,21,25)(H,22,23)/t15-/m0/s1. The maximum atomic E-state index is 12.0. The zero-order valence-electron chi connectivity index (χ0n) is 16.4. The van der Waals surface area contributed by atoms with Crippen molar-refractivity contribution in [3.63, 3.8) is 0 Å². The number of hydrogen-bond acceptors (Lipinski definition) is 6. The van der Waals surface area contributed by atoms with Crippen molar-refractivity contribution in [3.05, 3.63) is 35.9 Å². The molecule has 0 radical (unpaired) electrons. The zero-order valence-corrected chi connectivity index (χ0v) is 16.4.